The van der Waals surface area contributed by atoms with Crippen molar-refractivity contribution in [1.82, 2.24) is 4.90 Å². The van der Waals surface area contributed by atoms with Crippen LogP contribution in [0.3, 0.4) is 0 Å². The summed E-state index contributed by atoms with van der Waals surface area (Å²) in [6.07, 6.45) is 0. The Bertz CT molecular complexity index is 609. The Balaban J connectivity index is 2.25. The first kappa shape index (κ1) is 15.5. The van der Waals surface area contributed by atoms with E-state index >= 15 is 0 Å². The van der Waals surface area contributed by atoms with Crippen molar-refractivity contribution in [3.63, 3.8) is 0 Å². The van der Waals surface area contributed by atoms with Crippen molar-refractivity contribution in [3.8, 4) is 0 Å². The number of carboxylic acids is 1. The lowest BCUT2D eigenvalue weighted by Crippen LogP contribution is -2.30. The van der Waals surface area contributed by atoms with E-state index < -0.39 is 5.97 Å². The zero-order valence-electron chi connectivity index (χ0n) is 12.2. The summed E-state index contributed by atoms with van der Waals surface area (Å²) in [6.45, 7) is 5.60. The first-order valence-corrected chi connectivity index (χ1v) is 7.74. The lowest BCUT2D eigenvalue weighted by Gasteiger charge is -2.26. The number of nitrogens with two attached hydrogens (primary N) is 1. The number of nitrogen functional groups attached to an aromatic ring is 1. The molecule has 3 N–H and O–H groups in total. The zero-order chi connectivity index (χ0) is 15.4. The monoisotopic (exact) mass is 304 g/mol. The Kier molecular flexibility index (Phi) is 4.98. The van der Waals surface area contributed by atoms with E-state index in [0.29, 0.717) is 18.3 Å². The van der Waals surface area contributed by atoms with Crippen molar-refractivity contribution in [2.75, 3.05) is 5.73 Å². The Morgan fingerprint density at radius 2 is 2.05 bits per heavy atom. The highest BCUT2D eigenvalue weighted by atomic mass is 32.1. The van der Waals surface area contributed by atoms with E-state index in [1.165, 1.54) is 4.88 Å². The van der Waals surface area contributed by atoms with Crippen LogP contribution < -0.4 is 5.73 Å². The summed E-state index contributed by atoms with van der Waals surface area (Å²) in [4.78, 5) is 14.9. The van der Waals surface area contributed by atoms with Crippen LogP contribution in [0.25, 0.3) is 0 Å². The van der Waals surface area contributed by atoms with Crippen molar-refractivity contribution in [2.24, 2.45) is 0 Å². The van der Waals surface area contributed by atoms with Gasteiger partial charge in [-0.25, -0.2) is 4.79 Å². The lowest BCUT2D eigenvalue weighted by atomic mass is 10.0. The van der Waals surface area contributed by atoms with E-state index in [0.717, 1.165) is 12.1 Å². The molecule has 0 aliphatic carbocycles. The topological polar surface area (TPSA) is 66.6 Å². The number of anilines is 1. The summed E-state index contributed by atoms with van der Waals surface area (Å²) in [6, 6.07) is 9.71. The predicted molar refractivity (Wildman–Crippen MR) is 86.5 cm³/mol. The SMILES string of the molecule is CC(C)N(Cc1cccs1)Cc1cccc(N)c1C(=O)O. The first-order valence-electron chi connectivity index (χ1n) is 6.86. The van der Waals surface area contributed by atoms with Crippen LogP contribution in [-0.2, 0) is 13.1 Å². The highest BCUT2D eigenvalue weighted by Gasteiger charge is 2.18. The number of benzene rings is 1. The summed E-state index contributed by atoms with van der Waals surface area (Å²) in [5.74, 6) is -0.970. The number of nitrogens with zero attached hydrogens (tertiary/aromatic N) is 1. The molecule has 0 bridgehead atoms. The molecule has 21 heavy (non-hydrogen) atoms. The number of rotatable bonds is 6. The van der Waals surface area contributed by atoms with Gasteiger partial charge in [-0.3, -0.25) is 4.90 Å². The minimum absolute atomic E-state index is 0.217. The molecule has 0 saturated heterocycles. The molecule has 0 unspecified atom stereocenters. The fourth-order valence-corrected chi connectivity index (χ4v) is 2.98. The number of hydrogen-bond acceptors (Lipinski definition) is 4. The van der Waals surface area contributed by atoms with E-state index in [1.807, 2.05) is 12.1 Å². The second-order valence-electron chi connectivity index (χ2n) is 5.26. The number of thiophene rings is 1. The fraction of sp³-hybridized carbons (Fsp3) is 0.312. The van der Waals surface area contributed by atoms with Crippen molar-refractivity contribution < 1.29 is 9.90 Å². The molecule has 0 amide bonds. The van der Waals surface area contributed by atoms with Gasteiger partial charge in [-0.05, 0) is 36.9 Å². The van der Waals surface area contributed by atoms with Gasteiger partial charge in [0.15, 0.2) is 0 Å². The standard InChI is InChI=1S/C16H20N2O2S/c1-11(2)18(10-13-6-4-8-21-13)9-12-5-3-7-14(17)15(12)16(19)20/h3-8,11H,9-10,17H2,1-2H3,(H,19,20). The molecule has 0 saturated carbocycles. The molecule has 1 aromatic heterocycles. The highest BCUT2D eigenvalue weighted by molar-refractivity contribution is 7.09. The first-order chi connectivity index (χ1) is 9.99. The van der Waals surface area contributed by atoms with Crippen LogP contribution in [0.4, 0.5) is 5.69 Å². The Hall–Kier alpha value is -1.85. The van der Waals surface area contributed by atoms with Gasteiger partial charge < -0.3 is 10.8 Å². The number of aromatic carboxylic acids is 1. The van der Waals surface area contributed by atoms with E-state index in [2.05, 4.69) is 30.2 Å². The molecule has 0 radical (unpaired) electrons. The van der Waals surface area contributed by atoms with Gasteiger partial charge >= 0.3 is 5.97 Å². The van der Waals surface area contributed by atoms with Crippen LogP contribution in [0.2, 0.25) is 0 Å². The van der Waals surface area contributed by atoms with Crippen LogP contribution in [-0.4, -0.2) is 22.0 Å². The molecule has 1 heterocycles. The molecule has 0 atom stereocenters. The maximum Gasteiger partial charge on any atom is 0.338 e. The Morgan fingerprint density at radius 1 is 1.29 bits per heavy atom. The van der Waals surface area contributed by atoms with E-state index in [4.69, 9.17) is 5.73 Å². The summed E-state index contributed by atoms with van der Waals surface area (Å²) in [7, 11) is 0. The van der Waals surface area contributed by atoms with Gasteiger partial charge in [0.25, 0.3) is 0 Å². The molecule has 2 rings (SSSR count). The van der Waals surface area contributed by atoms with Crippen molar-refractivity contribution in [3.05, 3.63) is 51.7 Å². The van der Waals surface area contributed by atoms with E-state index in [9.17, 15) is 9.90 Å². The molecule has 112 valence electrons. The second-order valence-corrected chi connectivity index (χ2v) is 6.30. The average Bonchev–Trinajstić information content (AvgIpc) is 2.90. The predicted octanol–water partition coefficient (Wildman–Crippen LogP) is 3.44. The number of hydrogen-bond donors (Lipinski definition) is 2. The number of carbonyl (C=O) groups is 1. The van der Waals surface area contributed by atoms with Gasteiger partial charge in [-0.15, -0.1) is 11.3 Å². The zero-order valence-corrected chi connectivity index (χ0v) is 13.1. The van der Waals surface area contributed by atoms with Crippen molar-refractivity contribution in [2.45, 2.75) is 33.0 Å². The highest BCUT2D eigenvalue weighted by Crippen LogP contribution is 2.22. The van der Waals surface area contributed by atoms with Gasteiger partial charge in [0.2, 0.25) is 0 Å². The lowest BCUT2D eigenvalue weighted by molar-refractivity contribution is 0.0695. The smallest absolute Gasteiger partial charge is 0.338 e. The molecule has 0 aliphatic heterocycles. The van der Waals surface area contributed by atoms with Gasteiger partial charge in [0.05, 0.1) is 5.56 Å². The molecule has 4 nitrogen and oxygen atoms in total. The molecular formula is C16H20N2O2S. The van der Waals surface area contributed by atoms with Crippen LogP contribution in [0, 0.1) is 0 Å². The van der Waals surface area contributed by atoms with Crippen LogP contribution in [0.5, 0.6) is 0 Å². The molecule has 0 spiro atoms. The largest absolute Gasteiger partial charge is 0.478 e. The summed E-state index contributed by atoms with van der Waals surface area (Å²) in [5, 5.41) is 11.4. The Labute approximate surface area is 128 Å². The third kappa shape index (κ3) is 3.83. The quantitative estimate of drug-likeness (QED) is 0.802. The minimum atomic E-state index is -0.970. The maximum absolute atomic E-state index is 11.4. The van der Waals surface area contributed by atoms with Crippen LogP contribution in [0.1, 0.15) is 34.6 Å². The van der Waals surface area contributed by atoms with Gasteiger partial charge in [0, 0.05) is 29.7 Å². The molecular weight excluding hydrogens is 284 g/mol. The van der Waals surface area contributed by atoms with Gasteiger partial charge in [-0.1, -0.05) is 18.2 Å². The average molecular weight is 304 g/mol. The molecule has 5 heteroatoms. The van der Waals surface area contributed by atoms with Gasteiger partial charge in [-0.2, -0.15) is 0 Å². The van der Waals surface area contributed by atoms with Crippen LogP contribution >= 0.6 is 11.3 Å². The molecule has 0 aliphatic rings. The van der Waals surface area contributed by atoms with E-state index in [-0.39, 0.29) is 5.56 Å². The molecule has 1 aromatic carbocycles. The Morgan fingerprint density at radius 3 is 2.62 bits per heavy atom. The summed E-state index contributed by atoms with van der Waals surface area (Å²) < 4.78 is 0. The van der Waals surface area contributed by atoms with Gasteiger partial charge in [0.1, 0.15) is 0 Å². The maximum atomic E-state index is 11.4. The van der Waals surface area contributed by atoms with E-state index in [1.54, 1.807) is 23.5 Å². The summed E-state index contributed by atoms with van der Waals surface area (Å²) in [5.41, 5.74) is 7.11. The number of carboxylic acid groups (broad SMARTS) is 1. The summed E-state index contributed by atoms with van der Waals surface area (Å²) >= 11 is 1.71. The van der Waals surface area contributed by atoms with Crippen molar-refractivity contribution in [1.29, 1.82) is 0 Å². The molecule has 2 aromatic rings. The second kappa shape index (κ2) is 6.74. The third-order valence-electron chi connectivity index (χ3n) is 3.44. The van der Waals surface area contributed by atoms with Crippen molar-refractivity contribution >= 4 is 23.0 Å². The fourth-order valence-electron chi connectivity index (χ4n) is 2.26. The minimum Gasteiger partial charge on any atom is -0.478 e. The van der Waals surface area contributed by atoms with Crippen LogP contribution in [0.15, 0.2) is 35.7 Å². The third-order valence-corrected chi connectivity index (χ3v) is 4.30. The normalized spacial score (nSPS) is 11.2. The molecule has 0 fully saturated rings.